The number of hydrogen-bond donors (Lipinski definition) is 1. The fraction of sp³-hybridized carbons (Fsp3) is 0.600. The lowest BCUT2D eigenvalue weighted by Crippen LogP contribution is -2.25. The zero-order valence-corrected chi connectivity index (χ0v) is 9.03. The van der Waals surface area contributed by atoms with Gasteiger partial charge in [-0.05, 0) is 24.5 Å². The third-order valence-corrected chi connectivity index (χ3v) is 3.08. The predicted molar refractivity (Wildman–Crippen MR) is 55.4 cm³/mol. The molecule has 12 heavy (non-hydrogen) atoms. The topological polar surface area (TPSA) is 26.0 Å². The first kappa shape index (κ1) is 9.75. The van der Waals surface area contributed by atoms with Gasteiger partial charge in [-0.25, -0.2) is 0 Å². The molecule has 0 aliphatic rings. The minimum absolute atomic E-state index is 0.163. The van der Waals surface area contributed by atoms with Crippen LogP contribution in [0.1, 0.15) is 36.6 Å². The molecule has 0 fully saturated rings. The van der Waals surface area contributed by atoms with Gasteiger partial charge in [0.1, 0.15) is 0 Å². The van der Waals surface area contributed by atoms with Crippen LogP contribution in [0.4, 0.5) is 0 Å². The first-order chi connectivity index (χ1) is 5.41. The molecule has 1 rings (SSSR count). The highest BCUT2D eigenvalue weighted by molar-refractivity contribution is 7.12. The molecule has 1 atom stereocenters. The van der Waals surface area contributed by atoms with E-state index in [1.165, 1.54) is 9.75 Å². The maximum absolute atomic E-state index is 6.10. The van der Waals surface area contributed by atoms with Crippen molar-refractivity contribution in [2.24, 2.45) is 11.1 Å². The van der Waals surface area contributed by atoms with E-state index in [-0.39, 0.29) is 11.5 Å². The van der Waals surface area contributed by atoms with E-state index in [9.17, 15) is 0 Å². The summed E-state index contributed by atoms with van der Waals surface area (Å²) in [4.78, 5) is 2.63. The minimum atomic E-state index is 0.163. The summed E-state index contributed by atoms with van der Waals surface area (Å²) in [6.07, 6.45) is 0. The Balaban J connectivity index is 2.85. The first-order valence-electron chi connectivity index (χ1n) is 4.23. The van der Waals surface area contributed by atoms with Crippen LogP contribution in [0.5, 0.6) is 0 Å². The maximum Gasteiger partial charge on any atom is 0.0439 e. The summed E-state index contributed by atoms with van der Waals surface area (Å²) >= 11 is 1.80. The van der Waals surface area contributed by atoms with Gasteiger partial charge in [-0.15, -0.1) is 11.3 Å². The standard InChI is InChI=1S/C10H17NS/c1-7-5-6-8(12-7)9(11)10(2,3)4/h5-6,9H,11H2,1-4H3/t9-/m1/s1. The van der Waals surface area contributed by atoms with E-state index in [4.69, 9.17) is 5.73 Å². The number of thiophene rings is 1. The van der Waals surface area contributed by atoms with Crippen LogP contribution >= 0.6 is 11.3 Å². The number of hydrogen-bond acceptors (Lipinski definition) is 2. The summed E-state index contributed by atoms with van der Waals surface area (Å²) in [6, 6.07) is 4.43. The van der Waals surface area contributed by atoms with Gasteiger partial charge in [0, 0.05) is 15.8 Å². The van der Waals surface area contributed by atoms with Gasteiger partial charge in [-0.1, -0.05) is 20.8 Å². The van der Waals surface area contributed by atoms with Gasteiger partial charge in [0.25, 0.3) is 0 Å². The largest absolute Gasteiger partial charge is 0.323 e. The van der Waals surface area contributed by atoms with Crippen molar-refractivity contribution in [3.05, 3.63) is 21.9 Å². The molecule has 0 aliphatic heterocycles. The molecule has 0 aliphatic carbocycles. The lowest BCUT2D eigenvalue weighted by atomic mass is 9.87. The van der Waals surface area contributed by atoms with E-state index < -0.39 is 0 Å². The molecule has 1 nitrogen and oxygen atoms in total. The van der Waals surface area contributed by atoms with Crippen LogP contribution in [-0.2, 0) is 0 Å². The van der Waals surface area contributed by atoms with Gasteiger partial charge in [-0.3, -0.25) is 0 Å². The van der Waals surface area contributed by atoms with E-state index in [2.05, 4.69) is 39.8 Å². The lowest BCUT2D eigenvalue weighted by Gasteiger charge is -2.25. The van der Waals surface area contributed by atoms with Crippen LogP contribution in [0, 0.1) is 12.3 Å². The van der Waals surface area contributed by atoms with E-state index in [1.54, 1.807) is 11.3 Å². The smallest absolute Gasteiger partial charge is 0.0439 e. The predicted octanol–water partition coefficient (Wildman–Crippen LogP) is 3.10. The van der Waals surface area contributed by atoms with Gasteiger partial charge in [0.05, 0.1) is 0 Å². The Bertz CT molecular complexity index is 257. The normalized spacial score (nSPS) is 14.8. The Morgan fingerprint density at radius 3 is 2.25 bits per heavy atom. The van der Waals surface area contributed by atoms with Gasteiger partial charge in [-0.2, -0.15) is 0 Å². The lowest BCUT2D eigenvalue weighted by molar-refractivity contribution is 0.331. The Labute approximate surface area is 78.6 Å². The van der Waals surface area contributed by atoms with Gasteiger partial charge >= 0.3 is 0 Å². The van der Waals surface area contributed by atoms with Crippen molar-refractivity contribution in [2.75, 3.05) is 0 Å². The van der Waals surface area contributed by atoms with Crippen LogP contribution in [-0.4, -0.2) is 0 Å². The van der Waals surface area contributed by atoms with Crippen LogP contribution < -0.4 is 5.73 Å². The highest BCUT2D eigenvalue weighted by Gasteiger charge is 2.23. The molecule has 1 heterocycles. The first-order valence-corrected chi connectivity index (χ1v) is 5.05. The summed E-state index contributed by atoms with van der Waals surface area (Å²) in [5, 5.41) is 0. The van der Waals surface area contributed by atoms with E-state index in [1.807, 2.05) is 0 Å². The molecular weight excluding hydrogens is 166 g/mol. The van der Waals surface area contributed by atoms with Crippen molar-refractivity contribution in [2.45, 2.75) is 33.7 Å². The molecule has 2 heteroatoms. The second-order valence-electron chi connectivity index (χ2n) is 4.29. The van der Waals surface area contributed by atoms with Crippen molar-refractivity contribution in [1.29, 1.82) is 0 Å². The van der Waals surface area contributed by atoms with Crippen molar-refractivity contribution in [3.63, 3.8) is 0 Å². The molecule has 1 aromatic rings. The third kappa shape index (κ3) is 2.08. The summed E-state index contributed by atoms with van der Waals surface area (Å²) in [6.45, 7) is 8.63. The summed E-state index contributed by atoms with van der Waals surface area (Å²) < 4.78 is 0. The molecule has 0 amide bonds. The molecule has 68 valence electrons. The van der Waals surface area contributed by atoms with Crippen LogP contribution in [0.15, 0.2) is 12.1 Å². The SMILES string of the molecule is Cc1ccc([C@@H](N)C(C)(C)C)s1. The quantitative estimate of drug-likeness (QED) is 0.711. The molecule has 0 radical (unpaired) electrons. The maximum atomic E-state index is 6.10. The summed E-state index contributed by atoms with van der Waals surface area (Å²) in [7, 11) is 0. The number of aryl methyl sites for hydroxylation is 1. The molecule has 1 aromatic heterocycles. The Morgan fingerprint density at radius 1 is 1.33 bits per heavy atom. The van der Waals surface area contributed by atoms with Crippen molar-refractivity contribution in [1.82, 2.24) is 0 Å². The molecule has 0 aromatic carbocycles. The van der Waals surface area contributed by atoms with Crippen LogP contribution in [0.2, 0.25) is 0 Å². The molecule has 2 N–H and O–H groups in total. The minimum Gasteiger partial charge on any atom is -0.323 e. The van der Waals surface area contributed by atoms with Gasteiger partial charge in [0.2, 0.25) is 0 Å². The molecule has 0 spiro atoms. The molecule has 0 saturated heterocycles. The Hall–Kier alpha value is -0.340. The van der Waals surface area contributed by atoms with Crippen LogP contribution in [0.3, 0.4) is 0 Å². The molecule has 0 saturated carbocycles. The molecular formula is C10H17NS. The number of nitrogens with two attached hydrogens (primary N) is 1. The summed E-state index contributed by atoms with van der Waals surface area (Å²) in [5.41, 5.74) is 6.26. The second kappa shape index (κ2) is 3.19. The Morgan fingerprint density at radius 2 is 1.92 bits per heavy atom. The second-order valence-corrected chi connectivity index (χ2v) is 5.61. The van der Waals surface area contributed by atoms with Crippen molar-refractivity contribution < 1.29 is 0 Å². The highest BCUT2D eigenvalue weighted by Crippen LogP contribution is 2.33. The molecule has 0 bridgehead atoms. The molecule has 0 unspecified atom stereocenters. The van der Waals surface area contributed by atoms with E-state index in [0.717, 1.165) is 0 Å². The zero-order valence-electron chi connectivity index (χ0n) is 8.22. The van der Waals surface area contributed by atoms with Crippen molar-refractivity contribution in [3.8, 4) is 0 Å². The van der Waals surface area contributed by atoms with Crippen LogP contribution in [0.25, 0.3) is 0 Å². The van der Waals surface area contributed by atoms with Crippen molar-refractivity contribution >= 4 is 11.3 Å². The zero-order chi connectivity index (χ0) is 9.35. The van der Waals surface area contributed by atoms with Gasteiger partial charge < -0.3 is 5.73 Å². The fourth-order valence-corrected chi connectivity index (χ4v) is 2.17. The summed E-state index contributed by atoms with van der Waals surface area (Å²) in [5.74, 6) is 0. The average Bonchev–Trinajstić information content (AvgIpc) is 2.32. The van der Waals surface area contributed by atoms with E-state index in [0.29, 0.717) is 0 Å². The average molecular weight is 183 g/mol. The Kier molecular flexibility index (Phi) is 2.59. The number of rotatable bonds is 1. The highest BCUT2D eigenvalue weighted by atomic mass is 32.1. The van der Waals surface area contributed by atoms with E-state index >= 15 is 0 Å². The third-order valence-electron chi connectivity index (χ3n) is 2.00. The van der Waals surface area contributed by atoms with Gasteiger partial charge in [0.15, 0.2) is 0 Å². The monoisotopic (exact) mass is 183 g/mol. The fourth-order valence-electron chi connectivity index (χ4n) is 1.05.